The van der Waals surface area contributed by atoms with Crippen LogP contribution in [-0.4, -0.2) is 42.1 Å². The normalized spacial score (nSPS) is 23.1. The Labute approximate surface area is 117 Å². The molecule has 1 aromatic heterocycles. The summed E-state index contributed by atoms with van der Waals surface area (Å²) < 4.78 is 10.3. The lowest BCUT2D eigenvalue weighted by atomic mass is 9.87. The average molecular weight is 281 g/mol. The number of likely N-dealkylation sites (tertiary alicyclic amines) is 1. The van der Waals surface area contributed by atoms with E-state index in [0.29, 0.717) is 31.8 Å². The number of piperidine rings is 1. The van der Waals surface area contributed by atoms with E-state index in [1.165, 1.54) is 6.26 Å². The molecule has 0 bridgehead atoms. The summed E-state index contributed by atoms with van der Waals surface area (Å²) in [6.45, 7) is 1.01. The average Bonchev–Trinajstić information content (AvgIpc) is 2.93. The number of aliphatic carboxylic acids is 1. The van der Waals surface area contributed by atoms with Crippen LogP contribution in [0.15, 0.2) is 22.8 Å². The van der Waals surface area contributed by atoms with Gasteiger partial charge in [0.15, 0.2) is 0 Å². The van der Waals surface area contributed by atoms with E-state index < -0.39 is 17.9 Å². The van der Waals surface area contributed by atoms with Crippen LogP contribution in [0.5, 0.6) is 0 Å². The molecule has 2 rings (SSSR count). The quantitative estimate of drug-likeness (QED) is 0.802. The number of carbonyl (C=O) groups excluding carboxylic acids is 1. The van der Waals surface area contributed by atoms with Crippen molar-refractivity contribution in [1.29, 1.82) is 0 Å². The van der Waals surface area contributed by atoms with Crippen molar-refractivity contribution in [2.75, 3.05) is 20.3 Å². The number of ether oxygens (including phenoxy) is 1. The fourth-order valence-electron chi connectivity index (χ4n) is 2.67. The van der Waals surface area contributed by atoms with E-state index >= 15 is 0 Å². The molecule has 1 fully saturated rings. The van der Waals surface area contributed by atoms with Crippen LogP contribution < -0.4 is 0 Å². The van der Waals surface area contributed by atoms with E-state index in [1.54, 1.807) is 24.1 Å². The van der Waals surface area contributed by atoms with Gasteiger partial charge in [0.1, 0.15) is 11.8 Å². The zero-order chi connectivity index (χ0) is 14.5. The van der Waals surface area contributed by atoms with Crippen LogP contribution in [-0.2, 0) is 14.3 Å². The Morgan fingerprint density at radius 3 is 3.00 bits per heavy atom. The van der Waals surface area contributed by atoms with Crippen molar-refractivity contribution in [3.05, 3.63) is 24.2 Å². The fraction of sp³-hybridized carbons (Fsp3) is 0.571. The molecule has 6 heteroatoms. The number of methoxy groups -OCH3 is 1. The van der Waals surface area contributed by atoms with Gasteiger partial charge in [0.25, 0.3) is 0 Å². The predicted molar refractivity (Wildman–Crippen MR) is 70.0 cm³/mol. The van der Waals surface area contributed by atoms with Crippen molar-refractivity contribution in [1.82, 2.24) is 4.90 Å². The molecule has 0 spiro atoms. The molecular formula is C14H19NO5. The Kier molecular flexibility index (Phi) is 4.79. The Morgan fingerprint density at radius 2 is 2.40 bits per heavy atom. The van der Waals surface area contributed by atoms with Crippen molar-refractivity contribution < 1.29 is 23.8 Å². The highest BCUT2D eigenvalue weighted by molar-refractivity contribution is 5.81. The van der Waals surface area contributed by atoms with Gasteiger partial charge in [0.05, 0.1) is 12.2 Å². The van der Waals surface area contributed by atoms with Crippen LogP contribution in [0.4, 0.5) is 0 Å². The molecule has 0 radical (unpaired) electrons. The summed E-state index contributed by atoms with van der Waals surface area (Å²) in [5.74, 6) is -1.01. The van der Waals surface area contributed by atoms with E-state index in [1.807, 2.05) is 0 Å². The summed E-state index contributed by atoms with van der Waals surface area (Å²) in [6.07, 6.45) is 2.79. The van der Waals surface area contributed by atoms with Gasteiger partial charge < -0.3 is 19.2 Å². The number of carboxylic acids is 1. The Morgan fingerprint density at radius 1 is 1.60 bits per heavy atom. The van der Waals surface area contributed by atoms with Gasteiger partial charge in [-0.2, -0.15) is 0 Å². The standard InChI is InChI=1S/C14H19NO5/c1-19-8-3-7-15-12(16)6-5-10(14(17)18)13(15)11-4-2-9-20-11/h2,4,9-10,13H,3,5-8H2,1H3,(H,17,18). The molecule has 1 amide bonds. The number of nitrogens with zero attached hydrogens (tertiary/aromatic N) is 1. The molecule has 0 saturated carbocycles. The second kappa shape index (κ2) is 6.56. The number of furan rings is 1. The predicted octanol–water partition coefficient (Wildman–Crippen LogP) is 1.68. The Bertz CT molecular complexity index is 456. The smallest absolute Gasteiger partial charge is 0.309 e. The summed E-state index contributed by atoms with van der Waals surface area (Å²) in [6, 6.07) is 2.91. The van der Waals surface area contributed by atoms with Gasteiger partial charge in [0, 0.05) is 26.7 Å². The molecule has 20 heavy (non-hydrogen) atoms. The first-order chi connectivity index (χ1) is 9.65. The van der Waals surface area contributed by atoms with Gasteiger partial charge in [-0.15, -0.1) is 0 Å². The first kappa shape index (κ1) is 14.6. The molecule has 2 unspecified atom stereocenters. The second-order valence-corrected chi connectivity index (χ2v) is 4.88. The Hall–Kier alpha value is -1.82. The van der Waals surface area contributed by atoms with Crippen molar-refractivity contribution >= 4 is 11.9 Å². The van der Waals surface area contributed by atoms with Crippen molar-refractivity contribution in [3.8, 4) is 0 Å². The third kappa shape index (κ3) is 3.01. The number of carboxylic acid groups (broad SMARTS) is 1. The first-order valence-corrected chi connectivity index (χ1v) is 6.69. The highest BCUT2D eigenvalue weighted by Crippen LogP contribution is 2.37. The highest BCUT2D eigenvalue weighted by atomic mass is 16.5. The maximum absolute atomic E-state index is 12.1. The summed E-state index contributed by atoms with van der Waals surface area (Å²) in [5, 5.41) is 9.38. The minimum atomic E-state index is -0.893. The maximum Gasteiger partial charge on any atom is 0.309 e. The largest absolute Gasteiger partial charge is 0.481 e. The van der Waals surface area contributed by atoms with E-state index in [0.717, 1.165) is 0 Å². The number of hydrogen-bond donors (Lipinski definition) is 1. The van der Waals surface area contributed by atoms with Gasteiger partial charge in [-0.25, -0.2) is 0 Å². The number of amides is 1. The SMILES string of the molecule is COCCCN1C(=O)CCC(C(=O)O)C1c1ccco1. The maximum atomic E-state index is 12.1. The number of rotatable bonds is 6. The second-order valence-electron chi connectivity index (χ2n) is 4.88. The van der Waals surface area contributed by atoms with Crippen molar-refractivity contribution in [2.45, 2.75) is 25.3 Å². The summed E-state index contributed by atoms with van der Waals surface area (Å²) in [7, 11) is 1.60. The number of carbonyl (C=O) groups is 2. The number of hydrogen-bond acceptors (Lipinski definition) is 4. The molecule has 2 heterocycles. The van der Waals surface area contributed by atoms with E-state index in [-0.39, 0.29) is 12.3 Å². The lowest BCUT2D eigenvalue weighted by Crippen LogP contribution is -2.45. The minimum Gasteiger partial charge on any atom is -0.481 e. The lowest BCUT2D eigenvalue weighted by molar-refractivity contribution is -0.152. The Balaban J connectivity index is 2.22. The third-order valence-electron chi connectivity index (χ3n) is 3.61. The van der Waals surface area contributed by atoms with Gasteiger partial charge in [-0.3, -0.25) is 9.59 Å². The lowest BCUT2D eigenvalue weighted by Gasteiger charge is -2.38. The topological polar surface area (TPSA) is 80.0 Å². The molecule has 0 aliphatic carbocycles. The highest BCUT2D eigenvalue weighted by Gasteiger charge is 2.41. The molecule has 6 nitrogen and oxygen atoms in total. The van der Waals surface area contributed by atoms with Gasteiger partial charge in [0.2, 0.25) is 5.91 Å². The van der Waals surface area contributed by atoms with E-state index in [9.17, 15) is 14.7 Å². The van der Waals surface area contributed by atoms with E-state index in [4.69, 9.17) is 9.15 Å². The molecule has 1 N–H and O–H groups in total. The molecule has 1 aliphatic heterocycles. The van der Waals surface area contributed by atoms with Crippen LogP contribution in [0.3, 0.4) is 0 Å². The summed E-state index contributed by atoms with van der Waals surface area (Å²) >= 11 is 0. The van der Waals surface area contributed by atoms with Gasteiger partial charge >= 0.3 is 5.97 Å². The monoisotopic (exact) mass is 281 g/mol. The van der Waals surface area contributed by atoms with Gasteiger partial charge in [-0.05, 0) is 25.0 Å². The first-order valence-electron chi connectivity index (χ1n) is 6.69. The molecular weight excluding hydrogens is 262 g/mol. The van der Waals surface area contributed by atoms with E-state index in [2.05, 4.69) is 0 Å². The van der Waals surface area contributed by atoms with Crippen molar-refractivity contribution in [2.24, 2.45) is 5.92 Å². The van der Waals surface area contributed by atoms with Crippen LogP contribution in [0.2, 0.25) is 0 Å². The summed E-state index contributed by atoms with van der Waals surface area (Å²) in [4.78, 5) is 25.2. The fourth-order valence-corrected chi connectivity index (χ4v) is 2.67. The molecule has 1 saturated heterocycles. The van der Waals surface area contributed by atoms with Gasteiger partial charge in [-0.1, -0.05) is 0 Å². The van der Waals surface area contributed by atoms with Crippen LogP contribution in [0, 0.1) is 5.92 Å². The minimum absolute atomic E-state index is 0.0278. The molecule has 1 aromatic rings. The molecule has 110 valence electrons. The molecule has 2 atom stereocenters. The zero-order valence-corrected chi connectivity index (χ0v) is 11.4. The zero-order valence-electron chi connectivity index (χ0n) is 11.4. The van der Waals surface area contributed by atoms with Crippen LogP contribution in [0.1, 0.15) is 31.1 Å². The van der Waals surface area contributed by atoms with Crippen LogP contribution in [0.25, 0.3) is 0 Å². The summed E-state index contributed by atoms with van der Waals surface area (Å²) in [5.41, 5.74) is 0. The third-order valence-corrected chi connectivity index (χ3v) is 3.61. The molecule has 1 aliphatic rings. The van der Waals surface area contributed by atoms with Crippen molar-refractivity contribution in [3.63, 3.8) is 0 Å². The van der Waals surface area contributed by atoms with Crippen LogP contribution >= 0.6 is 0 Å². The molecule has 0 aromatic carbocycles.